The summed E-state index contributed by atoms with van der Waals surface area (Å²) in [5.74, 6) is 0.741. The van der Waals surface area contributed by atoms with Crippen molar-refractivity contribution in [2.45, 2.75) is 45.1 Å². The predicted octanol–water partition coefficient (Wildman–Crippen LogP) is 4.55. The molecule has 0 radical (unpaired) electrons. The Balaban J connectivity index is 1.41. The van der Waals surface area contributed by atoms with Gasteiger partial charge in [0.2, 0.25) is 5.91 Å². The lowest BCUT2D eigenvalue weighted by Gasteiger charge is -2.27. The number of pyridine rings is 1. The van der Waals surface area contributed by atoms with Gasteiger partial charge in [0, 0.05) is 35.0 Å². The van der Waals surface area contributed by atoms with Crippen molar-refractivity contribution in [1.82, 2.24) is 25.6 Å². The van der Waals surface area contributed by atoms with Crippen molar-refractivity contribution in [3.63, 3.8) is 0 Å². The summed E-state index contributed by atoms with van der Waals surface area (Å²) in [5, 5.41) is 18.0. The first-order valence-corrected chi connectivity index (χ1v) is 10.8. The van der Waals surface area contributed by atoms with Gasteiger partial charge in [-0.2, -0.15) is 0 Å². The van der Waals surface area contributed by atoms with Crippen LogP contribution in [-0.4, -0.2) is 31.5 Å². The van der Waals surface area contributed by atoms with Crippen molar-refractivity contribution in [3.8, 4) is 5.75 Å². The number of nitrogens with one attached hydrogen (secondary N) is 2. The Labute approximate surface area is 190 Å². The second kappa shape index (κ2) is 9.72. The monoisotopic (exact) mass is 448 g/mol. The number of aromatic nitrogens is 5. The first-order valence-electron chi connectivity index (χ1n) is 10.8. The molecule has 9 heteroatoms. The molecule has 0 saturated heterocycles. The smallest absolute Gasteiger partial charge is 0.225 e. The lowest BCUT2D eigenvalue weighted by Crippen LogP contribution is -2.32. The standard InChI is InChI=1S/C24H25FN6O2/c1-3-24(4-2,23-28-30-31-29-23)14-22(32)27-18-6-5-7-20(13-18)33-15-19-11-9-16-8-10-17(25)12-21(16)26-19/h5-13H,3-4,14-15H2,1-2H3,(H,27,32)(H,28,29,30,31). The fraction of sp³-hybridized carbons (Fsp3) is 0.292. The van der Waals surface area contributed by atoms with E-state index in [1.165, 1.54) is 12.1 Å². The van der Waals surface area contributed by atoms with Crippen LogP contribution in [0, 0.1) is 5.82 Å². The highest BCUT2D eigenvalue weighted by Crippen LogP contribution is 2.33. The molecule has 4 rings (SSSR count). The van der Waals surface area contributed by atoms with Crippen molar-refractivity contribution < 1.29 is 13.9 Å². The first kappa shape index (κ1) is 22.3. The molecule has 0 fully saturated rings. The summed E-state index contributed by atoms with van der Waals surface area (Å²) < 4.78 is 19.3. The summed E-state index contributed by atoms with van der Waals surface area (Å²) in [5.41, 5.74) is 1.43. The lowest BCUT2D eigenvalue weighted by atomic mass is 9.78. The van der Waals surface area contributed by atoms with Gasteiger partial charge in [-0.15, -0.1) is 5.10 Å². The second-order valence-corrected chi connectivity index (χ2v) is 7.92. The normalized spacial score (nSPS) is 11.5. The number of benzene rings is 2. The van der Waals surface area contributed by atoms with Crippen LogP contribution in [0.25, 0.3) is 10.9 Å². The number of tetrazole rings is 1. The van der Waals surface area contributed by atoms with Crippen LogP contribution in [0.15, 0.2) is 54.6 Å². The lowest BCUT2D eigenvalue weighted by molar-refractivity contribution is -0.117. The summed E-state index contributed by atoms with van der Waals surface area (Å²) in [6.45, 7) is 4.25. The number of nitrogens with zero attached hydrogens (tertiary/aromatic N) is 4. The molecule has 0 bridgehead atoms. The summed E-state index contributed by atoms with van der Waals surface area (Å²) in [6, 6.07) is 15.4. The van der Waals surface area contributed by atoms with Crippen molar-refractivity contribution in [3.05, 3.63) is 71.9 Å². The maximum absolute atomic E-state index is 13.5. The van der Waals surface area contributed by atoms with Gasteiger partial charge in [0.1, 0.15) is 18.2 Å². The number of ether oxygens (including phenoxy) is 1. The fourth-order valence-corrected chi connectivity index (χ4v) is 3.85. The Kier molecular flexibility index (Phi) is 6.58. The SMILES string of the molecule is CCC(CC)(CC(=O)Nc1cccc(OCc2ccc3ccc(F)cc3n2)c1)c1nnn[nH]1. The van der Waals surface area contributed by atoms with Crippen LogP contribution < -0.4 is 10.1 Å². The molecular formula is C24H25FN6O2. The van der Waals surface area contributed by atoms with E-state index in [-0.39, 0.29) is 24.8 Å². The number of anilines is 1. The Morgan fingerprint density at radius 2 is 1.94 bits per heavy atom. The molecule has 2 heterocycles. The molecule has 0 atom stereocenters. The zero-order valence-electron chi connectivity index (χ0n) is 18.5. The van der Waals surface area contributed by atoms with Crippen LogP contribution in [0.3, 0.4) is 0 Å². The number of H-pyrrole nitrogens is 1. The maximum atomic E-state index is 13.5. The first-order chi connectivity index (χ1) is 16.0. The number of fused-ring (bicyclic) bond motifs is 1. The Morgan fingerprint density at radius 3 is 2.70 bits per heavy atom. The van der Waals surface area contributed by atoms with E-state index in [1.807, 2.05) is 26.0 Å². The molecule has 8 nitrogen and oxygen atoms in total. The number of halogens is 1. The minimum Gasteiger partial charge on any atom is -0.487 e. The van der Waals surface area contributed by atoms with E-state index in [9.17, 15) is 9.18 Å². The average Bonchev–Trinajstić information content (AvgIpc) is 3.37. The molecule has 0 unspecified atom stereocenters. The van der Waals surface area contributed by atoms with E-state index in [2.05, 4.69) is 30.9 Å². The highest BCUT2D eigenvalue weighted by molar-refractivity contribution is 5.91. The van der Waals surface area contributed by atoms with Crippen molar-refractivity contribution in [2.75, 3.05) is 5.32 Å². The third-order valence-electron chi connectivity index (χ3n) is 5.92. The molecule has 1 amide bonds. The van der Waals surface area contributed by atoms with Gasteiger partial charge < -0.3 is 10.1 Å². The van der Waals surface area contributed by atoms with Crippen molar-refractivity contribution >= 4 is 22.5 Å². The van der Waals surface area contributed by atoms with Gasteiger partial charge in [0.15, 0.2) is 5.82 Å². The molecule has 170 valence electrons. The van der Waals surface area contributed by atoms with E-state index < -0.39 is 5.41 Å². The van der Waals surface area contributed by atoms with Crippen LogP contribution in [0.5, 0.6) is 5.75 Å². The minimum atomic E-state index is -0.455. The zero-order chi connectivity index (χ0) is 23.3. The van der Waals surface area contributed by atoms with Gasteiger partial charge in [0.25, 0.3) is 0 Å². The fourth-order valence-electron chi connectivity index (χ4n) is 3.85. The number of amides is 1. The molecule has 0 aliphatic heterocycles. The van der Waals surface area contributed by atoms with Crippen LogP contribution in [-0.2, 0) is 16.8 Å². The molecule has 4 aromatic rings. The van der Waals surface area contributed by atoms with Gasteiger partial charge in [-0.3, -0.25) is 4.79 Å². The summed E-state index contributed by atoms with van der Waals surface area (Å²) in [6.07, 6.45) is 1.69. The Morgan fingerprint density at radius 1 is 1.12 bits per heavy atom. The number of carbonyl (C=O) groups is 1. The van der Waals surface area contributed by atoms with E-state index in [0.717, 1.165) is 18.2 Å². The molecule has 2 aromatic carbocycles. The van der Waals surface area contributed by atoms with Gasteiger partial charge in [-0.1, -0.05) is 26.0 Å². The topological polar surface area (TPSA) is 106 Å². The van der Waals surface area contributed by atoms with Gasteiger partial charge in [-0.05, 0) is 53.6 Å². The van der Waals surface area contributed by atoms with Gasteiger partial charge in [-0.25, -0.2) is 14.5 Å². The predicted molar refractivity (Wildman–Crippen MR) is 122 cm³/mol. The van der Waals surface area contributed by atoms with Crippen molar-refractivity contribution in [1.29, 1.82) is 0 Å². The second-order valence-electron chi connectivity index (χ2n) is 7.92. The third kappa shape index (κ3) is 5.14. The largest absolute Gasteiger partial charge is 0.487 e. The van der Waals surface area contributed by atoms with Crippen LogP contribution in [0.1, 0.15) is 44.6 Å². The number of carbonyl (C=O) groups excluding carboxylic acids is 1. The molecule has 2 aromatic heterocycles. The van der Waals surface area contributed by atoms with Crippen LogP contribution in [0.4, 0.5) is 10.1 Å². The average molecular weight is 449 g/mol. The molecule has 33 heavy (non-hydrogen) atoms. The molecule has 0 spiro atoms. The third-order valence-corrected chi connectivity index (χ3v) is 5.92. The highest BCUT2D eigenvalue weighted by Gasteiger charge is 2.34. The van der Waals surface area contributed by atoms with E-state index in [4.69, 9.17) is 4.74 Å². The van der Waals surface area contributed by atoms with Gasteiger partial charge >= 0.3 is 0 Å². The van der Waals surface area contributed by atoms with E-state index in [0.29, 0.717) is 28.5 Å². The van der Waals surface area contributed by atoms with E-state index >= 15 is 0 Å². The van der Waals surface area contributed by atoms with Gasteiger partial charge in [0.05, 0.1) is 11.2 Å². The number of aromatic amines is 1. The Hall–Kier alpha value is -3.88. The quantitative estimate of drug-likeness (QED) is 0.389. The van der Waals surface area contributed by atoms with Crippen LogP contribution in [0.2, 0.25) is 0 Å². The van der Waals surface area contributed by atoms with Crippen molar-refractivity contribution in [2.24, 2.45) is 0 Å². The maximum Gasteiger partial charge on any atom is 0.225 e. The molecule has 0 saturated carbocycles. The van der Waals surface area contributed by atoms with Crippen LogP contribution >= 0.6 is 0 Å². The van der Waals surface area contributed by atoms with E-state index in [1.54, 1.807) is 30.3 Å². The minimum absolute atomic E-state index is 0.134. The molecular weight excluding hydrogens is 423 g/mol. The number of rotatable bonds is 9. The summed E-state index contributed by atoms with van der Waals surface area (Å²) >= 11 is 0. The molecule has 0 aliphatic rings. The summed E-state index contributed by atoms with van der Waals surface area (Å²) in [4.78, 5) is 17.3. The Bertz CT molecular complexity index is 1240. The molecule has 2 N–H and O–H groups in total. The zero-order valence-corrected chi connectivity index (χ0v) is 18.5. The number of hydrogen-bond acceptors (Lipinski definition) is 6. The molecule has 0 aliphatic carbocycles. The number of hydrogen-bond donors (Lipinski definition) is 2. The highest BCUT2D eigenvalue weighted by atomic mass is 19.1. The summed E-state index contributed by atoms with van der Waals surface area (Å²) in [7, 11) is 0.